The Labute approximate surface area is 129 Å². The fourth-order valence-corrected chi connectivity index (χ4v) is 4.51. The number of anilines is 1. The maximum absolute atomic E-state index is 6.13. The predicted octanol–water partition coefficient (Wildman–Crippen LogP) is 5.39. The largest absolute Gasteiger partial charge is 0.368 e. The van der Waals surface area contributed by atoms with Crippen molar-refractivity contribution in [1.29, 1.82) is 0 Å². The number of nitrogens with zero attached hydrogens (tertiary/aromatic N) is 1. The van der Waals surface area contributed by atoms with Crippen LogP contribution in [0.2, 0.25) is 5.02 Å². The molecule has 2 fully saturated rings. The molecular weight excluding hydrogens is 322 g/mol. The van der Waals surface area contributed by atoms with E-state index in [-0.39, 0.29) is 0 Å². The SMILES string of the molecule is Clc1ccc(N2CCCC2C2CCCC2)c(CBr)c1. The normalized spacial score (nSPS) is 24.3. The van der Waals surface area contributed by atoms with Crippen molar-refractivity contribution in [1.82, 2.24) is 0 Å². The number of hydrogen-bond acceptors (Lipinski definition) is 1. The first kappa shape index (κ1) is 13.8. The van der Waals surface area contributed by atoms with E-state index in [1.54, 1.807) is 0 Å². The topological polar surface area (TPSA) is 3.24 Å². The standard InChI is InChI=1S/C16H21BrClN/c17-11-13-10-14(18)7-8-16(13)19-9-3-6-15(19)12-4-1-2-5-12/h7-8,10,12,15H,1-6,9,11H2. The van der Waals surface area contributed by atoms with Gasteiger partial charge >= 0.3 is 0 Å². The molecule has 1 aromatic rings. The first-order valence-electron chi connectivity index (χ1n) is 7.40. The maximum atomic E-state index is 6.13. The number of benzene rings is 1. The molecule has 2 aliphatic rings. The summed E-state index contributed by atoms with van der Waals surface area (Å²) in [5.41, 5.74) is 2.73. The Kier molecular flexibility index (Phi) is 4.38. The molecule has 3 rings (SSSR count). The predicted molar refractivity (Wildman–Crippen MR) is 86.4 cm³/mol. The molecule has 1 aromatic carbocycles. The van der Waals surface area contributed by atoms with Crippen molar-refractivity contribution >= 4 is 33.2 Å². The van der Waals surface area contributed by atoms with E-state index in [0.29, 0.717) is 0 Å². The van der Waals surface area contributed by atoms with Gasteiger partial charge in [-0.1, -0.05) is 40.4 Å². The fourth-order valence-electron chi connectivity index (χ4n) is 3.87. The molecule has 0 aromatic heterocycles. The molecular formula is C16H21BrClN. The lowest BCUT2D eigenvalue weighted by atomic mass is 9.95. The minimum absolute atomic E-state index is 0.765. The summed E-state index contributed by atoms with van der Waals surface area (Å²) in [6, 6.07) is 7.12. The van der Waals surface area contributed by atoms with E-state index in [1.807, 2.05) is 6.07 Å². The van der Waals surface area contributed by atoms with Gasteiger partial charge < -0.3 is 4.90 Å². The third-order valence-corrected chi connectivity index (χ3v) is 5.58. The van der Waals surface area contributed by atoms with Crippen LogP contribution >= 0.6 is 27.5 Å². The van der Waals surface area contributed by atoms with Crippen molar-refractivity contribution in [3.05, 3.63) is 28.8 Å². The first-order valence-corrected chi connectivity index (χ1v) is 8.90. The lowest BCUT2D eigenvalue weighted by Gasteiger charge is -2.32. The zero-order valence-electron chi connectivity index (χ0n) is 11.2. The second kappa shape index (κ2) is 6.05. The van der Waals surface area contributed by atoms with Crippen molar-refractivity contribution in [2.45, 2.75) is 49.9 Å². The van der Waals surface area contributed by atoms with E-state index in [9.17, 15) is 0 Å². The van der Waals surface area contributed by atoms with Crippen LogP contribution in [0.25, 0.3) is 0 Å². The van der Waals surface area contributed by atoms with Crippen LogP contribution in [0, 0.1) is 5.92 Å². The third kappa shape index (κ3) is 2.80. The van der Waals surface area contributed by atoms with Crippen molar-refractivity contribution in [2.75, 3.05) is 11.4 Å². The molecule has 0 radical (unpaired) electrons. The smallest absolute Gasteiger partial charge is 0.0410 e. The molecule has 0 spiro atoms. The van der Waals surface area contributed by atoms with Crippen LogP contribution < -0.4 is 4.90 Å². The van der Waals surface area contributed by atoms with Crippen LogP contribution in [0.15, 0.2) is 18.2 Å². The summed E-state index contributed by atoms with van der Waals surface area (Å²) in [5.74, 6) is 0.918. The van der Waals surface area contributed by atoms with Crippen molar-refractivity contribution in [3.8, 4) is 0 Å². The van der Waals surface area contributed by atoms with Crippen molar-refractivity contribution in [2.24, 2.45) is 5.92 Å². The Morgan fingerprint density at radius 2 is 1.95 bits per heavy atom. The van der Waals surface area contributed by atoms with Gasteiger partial charge in [0.15, 0.2) is 0 Å². The highest BCUT2D eigenvalue weighted by atomic mass is 79.9. The van der Waals surface area contributed by atoms with E-state index in [0.717, 1.165) is 22.3 Å². The van der Waals surface area contributed by atoms with Gasteiger partial charge in [0.2, 0.25) is 0 Å². The maximum Gasteiger partial charge on any atom is 0.0410 e. The van der Waals surface area contributed by atoms with Crippen LogP contribution in [-0.4, -0.2) is 12.6 Å². The van der Waals surface area contributed by atoms with Gasteiger partial charge in [-0.05, 0) is 55.4 Å². The molecule has 1 aliphatic carbocycles. The Balaban J connectivity index is 1.87. The molecule has 1 saturated heterocycles. The highest BCUT2D eigenvalue weighted by Crippen LogP contribution is 2.39. The average molecular weight is 343 g/mol. The Bertz CT molecular complexity index is 442. The molecule has 1 aliphatic heterocycles. The highest BCUT2D eigenvalue weighted by molar-refractivity contribution is 9.08. The zero-order valence-corrected chi connectivity index (χ0v) is 13.6. The third-order valence-electron chi connectivity index (χ3n) is 4.74. The Morgan fingerprint density at radius 3 is 2.68 bits per heavy atom. The minimum Gasteiger partial charge on any atom is -0.368 e. The van der Waals surface area contributed by atoms with Gasteiger partial charge in [-0.3, -0.25) is 0 Å². The molecule has 1 atom stereocenters. The molecule has 1 unspecified atom stereocenters. The van der Waals surface area contributed by atoms with Crippen LogP contribution in [0.5, 0.6) is 0 Å². The molecule has 19 heavy (non-hydrogen) atoms. The fraction of sp³-hybridized carbons (Fsp3) is 0.625. The summed E-state index contributed by atoms with van der Waals surface area (Å²) >= 11 is 9.73. The number of hydrogen-bond donors (Lipinski definition) is 0. The number of alkyl halides is 1. The van der Waals surface area contributed by atoms with E-state index >= 15 is 0 Å². The summed E-state index contributed by atoms with van der Waals surface area (Å²) in [5, 5.41) is 1.73. The number of rotatable bonds is 3. The monoisotopic (exact) mass is 341 g/mol. The molecule has 0 amide bonds. The van der Waals surface area contributed by atoms with Gasteiger partial charge in [-0.2, -0.15) is 0 Å². The second-order valence-corrected chi connectivity index (χ2v) is 6.85. The summed E-state index contributed by atoms with van der Waals surface area (Å²) in [7, 11) is 0. The van der Waals surface area contributed by atoms with E-state index in [4.69, 9.17) is 11.6 Å². The minimum atomic E-state index is 0.765. The molecule has 0 bridgehead atoms. The van der Waals surface area contributed by atoms with E-state index < -0.39 is 0 Å². The summed E-state index contributed by atoms with van der Waals surface area (Å²) in [4.78, 5) is 2.66. The molecule has 1 heterocycles. The highest BCUT2D eigenvalue weighted by Gasteiger charge is 2.34. The first-order chi connectivity index (χ1) is 9.29. The lowest BCUT2D eigenvalue weighted by molar-refractivity contribution is 0.430. The van der Waals surface area contributed by atoms with Crippen LogP contribution in [0.1, 0.15) is 44.1 Å². The summed E-state index contributed by atoms with van der Waals surface area (Å²) in [6.07, 6.45) is 8.43. The molecule has 1 saturated carbocycles. The van der Waals surface area contributed by atoms with Crippen LogP contribution in [0.4, 0.5) is 5.69 Å². The van der Waals surface area contributed by atoms with Gasteiger partial charge in [0.05, 0.1) is 0 Å². The second-order valence-electron chi connectivity index (χ2n) is 5.85. The zero-order chi connectivity index (χ0) is 13.2. The van der Waals surface area contributed by atoms with Gasteiger partial charge in [0.1, 0.15) is 0 Å². The van der Waals surface area contributed by atoms with Crippen molar-refractivity contribution < 1.29 is 0 Å². The molecule has 1 nitrogen and oxygen atoms in total. The number of halogens is 2. The lowest BCUT2D eigenvalue weighted by Crippen LogP contribution is -2.35. The van der Waals surface area contributed by atoms with Gasteiger partial charge in [0, 0.05) is 28.6 Å². The van der Waals surface area contributed by atoms with E-state index in [2.05, 4.69) is 33.0 Å². The Hall–Kier alpha value is -0.210. The Morgan fingerprint density at radius 1 is 1.16 bits per heavy atom. The molecule has 0 N–H and O–H groups in total. The van der Waals surface area contributed by atoms with Gasteiger partial charge in [0.25, 0.3) is 0 Å². The quantitative estimate of drug-likeness (QED) is 0.665. The van der Waals surface area contributed by atoms with Crippen molar-refractivity contribution in [3.63, 3.8) is 0 Å². The average Bonchev–Trinajstić information content (AvgIpc) is 3.08. The van der Waals surface area contributed by atoms with E-state index in [1.165, 1.54) is 56.3 Å². The summed E-state index contributed by atoms with van der Waals surface area (Å²) in [6.45, 7) is 1.21. The van der Waals surface area contributed by atoms with Crippen LogP contribution in [0.3, 0.4) is 0 Å². The van der Waals surface area contributed by atoms with Gasteiger partial charge in [-0.25, -0.2) is 0 Å². The summed E-state index contributed by atoms with van der Waals surface area (Å²) < 4.78 is 0. The van der Waals surface area contributed by atoms with Gasteiger partial charge in [-0.15, -0.1) is 0 Å². The molecule has 3 heteroatoms. The molecule has 104 valence electrons. The van der Waals surface area contributed by atoms with Crippen LogP contribution in [-0.2, 0) is 5.33 Å².